The van der Waals surface area contributed by atoms with Crippen LogP contribution in [0.25, 0.3) is 0 Å². The molecule has 2 bridgehead atoms. The number of hydrogen-bond donors (Lipinski definition) is 2. The minimum absolute atomic E-state index is 0.0215. The maximum absolute atomic E-state index is 12.8. The highest BCUT2D eigenvalue weighted by Gasteiger charge is 2.42. The van der Waals surface area contributed by atoms with E-state index < -0.39 is 54.7 Å². The van der Waals surface area contributed by atoms with E-state index in [0.29, 0.717) is 23.4 Å². The molecule has 0 aliphatic carbocycles. The van der Waals surface area contributed by atoms with Crippen molar-refractivity contribution in [1.82, 2.24) is 0 Å². The summed E-state index contributed by atoms with van der Waals surface area (Å²) in [6, 6.07) is 0. The Kier molecular flexibility index (Phi) is 10.9. The Morgan fingerprint density at radius 2 is 1.94 bits per heavy atom. The summed E-state index contributed by atoms with van der Waals surface area (Å²) < 4.78 is 22.0. The Balaban J connectivity index is 2.33. The summed E-state index contributed by atoms with van der Waals surface area (Å²) in [5, 5.41) is 20.2. The second kappa shape index (κ2) is 13.4. The number of esters is 3. The molecular weight excluding hydrogens is 484 g/mol. The minimum Gasteiger partial charge on any atom is -0.481 e. The monoisotopic (exact) mass is 514 g/mol. The number of aliphatic hydroxyl groups excluding tert-OH is 1. The summed E-state index contributed by atoms with van der Waals surface area (Å²) in [4.78, 5) is 47.0. The van der Waals surface area contributed by atoms with Crippen LogP contribution in [0.3, 0.4) is 0 Å². The highest BCUT2D eigenvalue weighted by atomic mass is 35.5. The summed E-state index contributed by atoms with van der Waals surface area (Å²) in [6.45, 7) is 3.91. The molecule has 0 aromatic rings. The van der Waals surface area contributed by atoms with E-state index in [1.54, 1.807) is 13.0 Å². The molecule has 11 heteroatoms. The third-order valence-electron chi connectivity index (χ3n) is 5.32. The van der Waals surface area contributed by atoms with Crippen molar-refractivity contribution in [2.75, 3.05) is 0 Å². The fourth-order valence-corrected chi connectivity index (χ4v) is 4.12. The summed E-state index contributed by atoms with van der Waals surface area (Å²) in [7, 11) is 0. The first-order valence-electron chi connectivity index (χ1n) is 11.3. The van der Waals surface area contributed by atoms with Crippen molar-refractivity contribution in [3.8, 4) is 0 Å². The van der Waals surface area contributed by atoms with Gasteiger partial charge in [-0.3, -0.25) is 19.2 Å². The molecular formula is C24H31ClO10. The first kappa shape index (κ1) is 28.5. The molecule has 0 radical (unpaired) electrons. The lowest BCUT2D eigenvalue weighted by atomic mass is 10.0. The third kappa shape index (κ3) is 9.83. The van der Waals surface area contributed by atoms with Gasteiger partial charge in [0.25, 0.3) is 0 Å². The number of ether oxygens (including phenoxy) is 4. The van der Waals surface area contributed by atoms with Gasteiger partial charge in [0, 0.05) is 25.3 Å². The molecule has 2 aliphatic rings. The molecule has 2 N–H and O–H groups in total. The van der Waals surface area contributed by atoms with Gasteiger partial charge in [0.1, 0.15) is 24.1 Å². The Hall–Kier alpha value is -2.69. The molecule has 0 saturated carbocycles. The van der Waals surface area contributed by atoms with Crippen molar-refractivity contribution in [3.05, 3.63) is 34.6 Å². The molecule has 1 unspecified atom stereocenters. The molecule has 0 aromatic heterocycles. The van der Waals surface area contributed by atoms with Gasteiger partial charge >= 0.3 is 23.9 Å². The SMILES string of the molecule is CC(=O)O/C1=C/C/C=C(\Cl)CC[C@@H]2C[C@@H](OC(=O)CC1OC(C)=O)[C@@H]([C@H](O)/C=C(\C)CC(=O)O)O2. The maximum atomic E-state index is 12.8. The second-order valence-corrected chi connectivity index (χ2v) is 8.97. The number of rotatable bonds is 6. The zero-order chi connectivity index (χ0) is 26.1. The molecule has 5 atom stereocenters. The Morgan fingerprint density at radius 1 is 1.23 bits per heavy atom. The number of carboxylic acids is 1. The molecule has 35 heavy (non-hydrogen) atoms. The number of aliphatic hydroxyl groups is 1. The van der Waals surface area contributed by atoms with E-state index in [0.717, 1.165) is 6.92 Å². The molecule has 2 aliphatic heterocycles. The van der Waals surface area contributed by atoms with Crippen molar-refractivity contribution < 1.29 is 48.3 Å². The van der Waals surface area contributed by atoms with E-state index in [4.69, 9.17) is 35.7 Å². The van der Waals surface area contributed by atoms with Crippen molar-refractivity contribution in [2.45, 2.75) is 89.8 Å². The molecule has 0 aromatic carbocycles. The average Bonchev–Trinajstić information content (AvgIpc) is 3.11. The van der Waals surface area contributed by atoms with E-state index in [-0.39, 0.29) is 31.1 Å². The average molecular weight is 515 g/mol. The number of carboxylic acid groups (broad SMARTS) is 1. The van der Waals surface area contributed by atoms with Crippen molar-refractivity contribution >= 4 is 35.5 Å². The number of carbonyl (C=O) groups excluding carboxylic acids is 3. The summed E-state index contributed by atoms with van der Waals surface area (Å²) >= 11 is 6.32. The molecule has 0 amide bonds. The number of allylic oxidation sites excluding steroid dienone is 3. The van der Waals surface area contributed by atoms with Crippen LogP contribution in [0.15, 0.2) is 34.6 Å². The van der Waals surface area contributed by atoms with E-state index >= 15 is 0 Å². The lowest BCUT2D eigenvalue weighted by Crippen LogP contribution is -2.37. The van der Waals surface area contributed by atoms with Gasteiger partial charge in [0.05, 0.1) is 18.9 Å². The molecule has 2 heterocycles. The van der Waals surface area contributed by atoms with Crippen LogP contribution in [0, 0.1) is 0 Å². The molecule has 1 fully saturated rings. The van der Waals surface area contributed by atoms with E-state index in [2.05, 4.69) is 0 Å². The van der Waals surface area contributed by atoms with Crippen LogP contribution >= 0.6 is 11.6 Å². The summed E-state index contributed by atoms with van der Waals surface area (Å²) in [5.41, 5.74) is 0.421. The Labute approximate surface area is 208 Å². The smallest absolute Gasteiger partial charge is 0.310 e. The number of halogens is 1. The number of hydrogen-bond acceptors (Lipinski definition) is 9. The second-order valence-electron chi connectivity index (χ2n) is 8.49. The lowest BCUT2D eigenvalue weighted by Gasteiger charge is -2.24. The van der Waals surface area contributed by atoms with Crippen molar-refractivity contribution in [1.29, 1.82) is 0 Å². The molecule has 194 valence electrons. The van der Waals surface area contributed by atoms with Crippen LogP contribution in [0.2, 0.25) is 0 Å². The normalized spacial score (nSPS) is 30.0. The van der Waals surface area contributed by atoms with Gasteiger partial charge in [-0.05, 0) is 32.3 Å². The first-order chi connectivity index (χ1) is 16.4. The fourth-order valence-electron chi connectivity index (χ4n) is 3.92. The third-order valence-corrected chi connectivity index (χ3v) is 5.66. The van der Waals surface area contributed by atoms with Gasteiger partial charge in [-0.2, -0.15) is 0 Å². The fraction of sp³-hybridized carbons (Fsp3) is 0.583. The highest BCUT2D eigenvalue weighted by Crippen LogP contribution is 2.32. The summed E-state index contributed by atoms with van der Waals surface area (Å²) in [6.07, 6.45) is 0.812. The van der Waals surface area contributed by atoms with E-state index in [9.17, 15) is 24.3 Å². The van der Waals surface area contributed by atoms with Crippen LogP contribution in [0.4, 0.5) is 0 Å². The van der Waals surface area contributed by atoms with Gasteiger partial charge in [-0.25, -0.2) is 0 Å². The standard InChI is InChI=1S/C24H31ClO10/c1-13(10-22(29)30)9-18(28)24-21-11-17(34-24)8-7-16(25)5-4-6-19(32-14(2)26)20(33-15(3)27)12-23(31)35-21/h5-6,9,17-18,20-21,24,28H,4,7-8,10-12H2,1-3H3,(H,29,30)/b13-9+,16-5-,19-6+/t17-,18-,20?,21-,24-/m1/s1. The largest absolute Gasteiger partial charge is 0.481 e. The Bertz CT molecular complexity index is 906. The van der Waals surface area contributed by atoms with Gasteiger partial charge < -0.3 is 29.2 Å². The van der Waals surface area contributed by atoms with Crippen LogP contribution < -0.4 is 0 Å². The number of aliphatic carboxylic acids is 1. The molecule has 2 rings (SSSR count). The zero-order valence-electron chi connectivity index (χ0n) is 19.9. The van der Waals surface area contributed by atoms with Crippen molar-refractivity contribution in [3.63, 3.8) is 0 Å². The van der Waals surface area contributed by atoms with Gasteiger partial charge in [-0.1, -0.05) is 29.3 Å². The quantitative estimate of drug-likeness (QED) is 0.308. The molecule has 10 nitrogen and oxygen atoms in total. The number of fused-ring (bicyclic) bond motifs is 2. The van der Waals surface area contributed by atoms with Crippen LogP contribution in [0.1, 0.15) is 59.3 Å². The van der Waals surface area contributed by atoms with Crippen molar-refractivity contribution in [2.24, 2.45) is 0 Å². The predicted octanol–water partition coefficient (Wildman–Crippen LogP) is 2.91. The van der Waals surface area contributed by atoms with Gasteiger partial charge in [0.2, 0.25) is 0 Å². The molecule has 1 saturated heterocycles. The Morgan fingerprint density at radius 3 is 2.57 bits per heavy atom. The summed E-state index contributed by atoms with van der Waals surface area (Å²) in [5.74, 6) is -3.16. The zero-order valence-corrected chi connectivity index (χ0v) is 20.7. The topological polar surface area (TPSA) is 146 Å². The predicted molar refractivity (Wildman–Crippen MR) is 123 cm³/mol. The van der Waals surface area contributed by atoms with Crippen LogP contribution in [-0.2, 0) is 38.1 Å². The van der Waals surface area contributed by atoms with Gasteiger partial charge in [0.15, 0.2) is 6.10 Å². The lowest BCUT2D eigenvalue weighted by molar-refractivity contribution is -0.162. The van der Waals surface area contributed by atoms with Crippen LogP contribution in [0.5, 0.6) is 0 Å². The minimum atomic E-state index is -1.22. The first-order valence-corrected chi connectivity index (χ1v) is 11.6. The maximum Gasteiger partial charge on any atom is 0.310 e. The van der Waals surface area contributed by atoms with E-state index in [1.165, 1.54) is 19.1 Å². The molecule has 0 spiro atoms. The van der Waals surface area contributed by atoms with Gasteiger partial charge in [-0.15, -0.1) is 0 Å². The number of carbonyl (C=O) groups is 4. The highest BCUT2D eigenvalue weighted by molar-refractivity contribution is 6.29. The van der Waals surface area contributed by atoms with E-state index in [1.807, 2.05) is 0 Å². The van der Waals surface area contributed by atoms with Crippen LogP contribution in [-0.4, -0.2) is 64.6 Å².